The largest absolute Gasteiger partial charge is 0.352 e. The van der Waals surface area contributed by atoms with E-state index in [9.17, 15) is 9.59 Å². The summed E-state index contributed by atoms with van der Waals surface area (Å²) in [5.41, 5.74) is 4.69. The lowest BCUT2D eigenvalue weighted by molar-refractivity contribution is -0.139. The first kappa shape index (κ1) is 25.4. The number of thioether (sulfide) groups is 1. The summed E-state index contributed by atoms with van der Waals surface area (Å²) < 4.78 is 0. The van der Waals surface area contributed by atoms with Gasteiger partial charge in [-0.25, -0.2) is 0 Å². The molecule has 0 spiro atoms. The van der Waals surface area contributed by atoms with Crippen LogP contribution >= 0.6 is 11.8 Å². The third-order valence-electron chi connectivity index (χ3n) is 6.52. The Morgan fingerprint density at radius 2 is 1.82 bits per heavy atom. The van der Waals surface area contributed by atoms with Crippen LogP contribution in [0.1, 0.15) is 67.7 Å². The van der Waals surface area contributed by atoms with Crippen molar-refractivity contribution in [2.24, 2.45) is 0 Å². The Balaban J connectivity index is 1.71. The van der Waals surface area contributed by atoms with E-state index in [-0.39, 0.29) is 17.9 Å². The van der Waals surface area contributed by atoms with E-state index in [0.29, 0.717) is 18.7 Å². The minimum absolute atomic E-state index is 0.00461. The highest BCUT2D eigenvalue weighted by Crippen LogP contribution is 2.21. The molecule has 0 saturated heterocycles. The molecular formula is C28H38N2O2S. The van der Waals surface area contributed by atoms with Gasteiger partial charge in [-0.1, -0.05) is 80.3 Å². The quantitative estimate of drug-likeness (QED) is 0.482. The van der Waals surface area contributed by atoms with Gasteiger partial charge in [-0.2, -0.15) is 0 Å². The Labute approximate surface area is 203 Å². The third-order valence-corrected chi connectivity index (χ3v) is 7.50. The van der Waals surface area contributed by atoms with Gasteiger partial charge in [0.1, 0.15) is 6.04 Å². The van der Waals surface area contributed by atoms with Crippen LogP contribution in [0.4, 0.5) is 0 Å². The smallest absolute Gasteiger partial charge is 0.243 e. The Hall–Kier alpha value is -2.27. The topological polar surface area (TPSA) is 49.4 Å². The maximum absolute atomic E-state index is 13.4. The number of carbonyl (C=O) groups is 2. The second-order valence-corrected chi connectivity index (χ2v) is 10.2. The number of nitrogens with one attached hydrogen (secondary N) is 1. The van der Waals surface area contributed by atoms with Crippen molar-refractivity contribution in [2.75, 3.05) is 5.75 Å². The third kappa shape index (κ3) is 7.63. The van der Waals surface area contributed by atoms with Crippen LogP contribution in [0.5, 0.6) is 0 Å². The maximum atomic E-state index is 13.4. The first-order valence-corrected chi connectivity index (χ1v) is 13.4. The lowest BCUT2D eigenvalue weighted by Gasteiger charge is -2.33. The second kappa shape index (κ2) is 12.8. The molecule has 1 atom stereocenters. The summed E-state index contributed by atoms with van der Waals surface area (Å²) in [7, 11) is 0. The van der Waals surface area contributed by atoms with Gasteiger partial charge in [-0.3, -0.25) is 9.59 Å². The van der Waals surface area contributed by atoms with E-state index < -0.39 is 6.04 Å². The molecular weight excluding hydrogens is 428 g/mol. The highest BCUT2D eigenvalue weighted by atomic mass is 32.2. The van der Waals surface area contributed by atoms with Crippen molar-refractivity contribution in [3.63, 3.8) is 0 Å². The van der Waals surface area contributed by atoms with Gasteiger partial charge >= 0.3 is 0 Å². The predicted molar refractivity (Wildman–Crippen MR) is 138 cm³/mol. The molecule has 2 aromatic rings. The second-order valence-electron chi connectivity index (χ2n) is 9.20. The zero-order chi connectivity index (χ0) is 23.6. The van der Waals surface area contributed by atoms with Crippen molar-refractivity contribution >= 4 is 23.6 Å². The van der Waals surface area contributed by atoms with Crippen molar-refractivity contribution in [2.45, 2.75) is 83.7 Å². The number of aryl methyl sites for hydroxylation is 2. The summed E-state index contributed by atoms with van der Waals surface area (Å²) in [6, 6.07) is 16.3. The molecule has 33 heavy (non-hydrogen) atoms. The summed E-state index contributed by atoms with van der Waals surface area (Å²) in [4.78, 5) is 28.5. The van der Waals surface area contributed by atoms with Gasteiger partial charge in [0.25, 0.3) is 0 Å². The van der Waals surface area contributed by atoms with Crippen molar-refractivity contribution in [3.05, 3.63) is 70.8 Å². The van der Waals surface area contributed by atoms with Crippen LogP contribution in [-0.4, -0.2) is 34.6 Å². The minimum atomic E-state index is -0.446. The predicted octanol–water partition coefficient (Wildman–Crippen LogP) is 5.79. The average molecular weight is 467 g/mol. The lowest BCUT2D eigenvalue weighted by atomic mass is 9.95. The van der Waals surface area contributed by atoms with Gasteiger partial charge in [-0.15, -0.1) is 11.8 Å². The minimum Gasteiger partial charge on any atom is -0.352 e. The van der Waals surface area contributed by atoms with Gasteiger partial charge in [-0.05, 0) is 49.8 Å². The van der Waals surface area contributed by atoms with Crippen molar-refractivity contribution < 1.29 is 9.59 Å². The highest BCUT2D eigenvalue weighted by Gasteiger charge is 2.30. The number of nitrogens with zero attached hydrogens (tertiary/aromatic N) is 1. The summed E-state index contributed by atoms with van der Waals surface area (Å²) in [6.45, 7) is 6.61. The van der Waals surface area contributed by atoms with Crippen LogP contribution in [0.3, 0.4) is 0 Å². The highest BCUT2D eigenvalue weighted by molar-refractivity contribution is 7.99. The van der Waals surface area contributed by atoms with E-state index >= 15 is 0 Å². The molecule has 178 valence electrons. The molecule has 0 unspecified atom stereocenters. The van der Waals surface area contributed by atoms with Crippen LogP contribution in [0.25, 0.3) is 0 Å². The standard InChI is InChI=1S/C28H38N2O2S/c1-4-26(28(32)29-25-15-6-5-7-16-25)30(18-24-14-9-8-12-22(24)3)27(31)20-33-19-23-13-10-11-21(2)17-23/h8-14,17,25-26H,4-7,15-16,18-20H2,1-3H3,(H,29,32)/t26-/m1/s1. The van der Waals surface area contributed by atoms with Crippen molar-refractivity contribution in [3.8, 4) is 0 Å². The fraction of sp³-hybridized carbons (Fsp3) is 0.500. The molecule has 2 aromatic carbocycles. The molecule has 4 nitrogen and oxygen atoms in total. The van der Waals surface area contributed by atoms with E-state index in [1.807, 2.05) is 24.0 Å². The molecule has 0 aliphatic heterocycles. The Morgan fingerprint density at radius 1 is 1.06 bits per heavy atom. The summed E-state index contributed by atoms with van der Waals surface area (Å²) in [5, 5.41) is 3.25. The molecule has 2 amide bonds. The van der Waals surface area contributed by atoms with Gasteiger partial charge in [0, 0.05) is 18.3 Å². The van der Waals surface area contributed by atoms with Crippen molar-refractivity contribution in [1.82, 2.24) is 10.2 Å². The molecule has 1 aliphatic carbocycles. The van der Waals surface area contributed by atoms with Gasteiger partial charge < -0.3 is 10.2 Å². The van der Waals surface area contributed by atoms with Gasteiger partial charge in [0.15, 0.2) is 0 Å². The van der Waals surface area contributed by atoms with Crippen LogP contribution in [-0.2, 0) is 21.9 Å². The molecule has 0 aromatic heterocycles. The van der Waals surface area contributed by atoms with Gasteiger partial charge in [0.2, 0.25) is 11.8 Å². The Morgan fingerprint density at radius 3 is 2.52 bits per heavy atom. The fourth-order valence-corrected chi connectivity index (χ4v) is 5.43. The molecule has 0 heterocycles. The Kier molecular flexibility index (Phi) is 9.86. The number of hydrogen-bond acceptors (Lipinski definition) is 3. The average Bonchev–Trinajstić information content (AvgIpc) is 2.81. The van der Waals surface area contributed by atoms with E-state index in [1.54, 1.807) is 11.8 Å². The number of benzene rings is 2. The molecule has 1 N–H and O–H groups in total. The lowest BCUT2D eigenvalue weighted by Crippen LogP contribution is -2.52. The first-order chi connectivity index (χ1) is 16.0. The number of carbonyl (C=O) groups excluding carboxylic acids is 2. The van der Waals surface area contributed by atoms with Gasteiger partial charge in [0.05, 0.1) is 5.75 Å². The number of amides is 2. The van der Waals surface area contributed by atoms with Crippen LogP contribution < -0.4 is 5.32 Å². The zero-order valence-electron chi connectivity index (χ0n) is 20.3. The summed E-state index contributed by atoms with van der Waals surface area (Å²) in [5.74, 6) is 1.18. The summed E-state index contributed by atoms with van der Waals surface area (Å²) in [6.07, 6.45) is 6.28. The van der Waals surface area contributed by atoms with Crippen LogP contribution in [0.15, 0.2) is 48.5 Å². The zero-order valence-corrected chi connectivity index (χ0v) is 21.1. The van der Waals surface area contributed by atoms with E-state index in [4.69, 9.17) is 0 Å². The molecule has 0 bridgehead atoms. The van der Waals surface area contributed by atoms with E-state index in [0.717, 1.165) is 29.7 Å². The summed E-state index contributed by atoms with van der Waals surface area (Å²) >= 11 is 1.62. The van der Waals surface area contributed by atoms with Crippen molar-refractivity contribution in [1.29, 1.82) is 0 Å². The molecule has 1 fully saturated rings. The number of hydrogen-bond donors (Lipinski definition) is 1. The fourth-order valence-electron chi connectivity index (χ4n) is 4.58. The number of rotatable bonds is 10. The first-order valence-electron chi connectivity index (χ1n) is 12.3. The molecule has 3 rings (SSSR count). The molecule has 5 heteroatoms. The maximum Gasteiger partial charge on any atom is 0.243 e. The normalized spacial score (nSPS) is 15.1. The van der Waals surface area contributed by atoms with Crippen LogP contribution in [0, 0.1) is 13.8 Å². The van der Waals surface area contributed by atoms with Crippen LogP contribution in [0.2, 0.25) is 0 Å². The van der Waals surface area contributed by atoms with E-state index in [1.165, 1.54) is 30.4 Å². The Bertz CT molecular complexity index is 924. The van der Waals surface area contributed by atoms with E-state index in [2.05, 4.69) is 55.6 Å². The monoisotopic (exact) mass is 466 g/mol. The SMILES string of the molecule is CC[C@H](C(=O)NC1CCCCC1)N(Cc1ccccc1C)C(=O)CSCc1cccc(C)c1. The molecule has 0 radical (unpaired) electrons. The molecule has 1 saturated carbocycles. The molecule has 1 aliphatic rings.